The molecule has 154 valence electrons. The zero-order valence-corrected chi connectivity index (χ0v) is 15.6. The van der Waals surface area contributed by atoms with Crippen molar-refractivity contribution in [2.24, 2.45) is 5.92 Å². The van der Waals surface area contributed by atoms with Gasteiger partial charge in [0.2, 0.25) is 34.8 Å². The van der Waals surface area contributed by atoms with Gasteiger partial charge in [-0.3, -0.25) is 4.79 Å². The van der Waals surface area contributed by atoms with Crippen LogP contribution < -0.4 is 9.61 Å². The molecule has 0 aliphatic rings. The summed E-state index contributed by atoms with van der Waals surface area (Å²) in [5.74, 6) is -14.8. The fourth-order valence-corrected chi connectivity index (χ4v) is 3.02. The monoisotopic (exact) mass is 419 g/mol. The van der Waals surface area contributed by atoms with Crippen molar-refractivity contribution in [3.8, 4) is 5.75 Å². The molecule has 1 aromatic rings. The maximum atomic E-state index is 13.5. The number of ether oxygens (including phenoxy) is 1. The molecule has 1 rings (SSSR count). The van der Waals surface area contributed by atoms with Gasteiger partial charge in [-0.15, -0.1) is 0 Å². The molecule has 12 heteroatoms. The van der Waals surface area contributed by atoms with E-state index in [0.29, 0.717) is 0 Å². The minimum Gasteiger partial charge on any atom is -0.464 e. The van der Waals surface area contributed by atoms with Crippen LogP contribution in [0.3, 0.4) is 0 Å². The first kappa shape index (κ1) is 23.3. The van der Waals surface area contributed by atoms with Crippen LogP contribution in [0.5, 0.6) is 5.75 Å². The predicted octanol–water partition coefficient (Wildman–Crippen LogP) is 3.82. The number of benzene rings is 1. The highest BCUT2D eigenvalue weighted by molar-refractivity contribution is 7.51. The molecule has 0 fully saturated rings. The van der Waals surface area contributed by atoms with E-state index in [1.165, 1.54) is 0 Å². The highest BCUT2D eigenvalue weighted by Crippen LogP contribution is 2.42. The van der Waals surface area contributed by atoms with Crippen molar-refractivity contribution in [2.75, 3.05) is 6.61 Å². The predicted molar refractivity (Wildman–Crippen MR) is 84.3 cm³/mol. The van der Waals surface area contributed by atoms with Crippen molar-refractivity contribution in [1.82, 2.24) is 5.09 Å². The first-order valence-corrected chi connectivity index (χ1v) is 9.51. The van der Waals surface area contributed by atoms with Crippen LogP contribution in [0.25, 0.3) is 0 Å². The van der Waals surface area contributed by atoms with Gasteiger partial charge in [0.15, 0.2) is 0 Å². The van der Waals surface area contributed by atoms with Crippen LogP contribution in [0.15, 0.2) is 0 Å². The Balaban J connectivity index is 2.88. The van der Waals surface area contributed by atoms with Crippen molar-refractivity contribution in [3.63, 3.8) is 0 Å². The van der Waals surface area contributed by atoms with Gasteiger partial charge >= 0.3 is 13.7 Å². The van der Waals surface area contributed by atoms with E-state index in [4.69, 9.17) is 4.74 Å². The molecule has 2 N–H and O–H groups in total. The second-order valence-corrected chi connectivity index (χ2v) is 7.16. The van der Waals surface area contributed by atoms with Crippen molar-refractivity contribution in [1.29, 1.82) is 0 Å². The average molecular weight is 419 g/mol. The van der Waals surface area contributed by atoms with E-state index in [2.05, 4.69) is 4.52 Å². The average Bonchev–Trinajstić information content (AvgIpc) is 2.62. The van der Waals surface area contributed by atoms with Crippen LogP contribution >= 0.6 is 7.75 Å². The molecular formula is C15H19F5NO5P. The van der Waals surface area contributed by atoms with E-state index in [9.17, 15) is 36.2 Å². The molecule has 0 bridgehead atoms. The van der Waals surface area contributed by atoms with Gasteiger partial charge < -0.3 is 14.2 Å². The SMILES string of the molecule is CCC(CC)COC(=O)[C@H](C)NP(=O)(O)Oc1c(F)c(F)c(F)c(F)c1F. The molecule has 0 spiro atoms. The Hall–Kier alpha value is -1.71. The summed E-state index contributed by atoms with van der Waals surface area (Å²) < 4.78 is 87.1. The van der Waals surface area contributed by atoms with Gasteiger partial charge in [-0.1, -0.05) is 26.7 Å². The normalized spacial score (nSPS) is 14.7. The first-order valence-electron chi connectivity index (χ1n) is 7.93. The molecule has 0 aliphatic carbocycles. The molecule has 0 aromatic heterocycles. The Morgan fingerprint density at radius 1 is 1.04 bits per heavy atom. The molecule has 2 atom stereocenters. The molecule has 0 radical (unpaired) electrons. The van der Waals surface area contributed by atoms with E-state index in [-0.39, 0.29) is 12.5 Å². The van der Waals surface area contributed by atoms with Crippen molar-refractivity contribution < 1.29 is 45.5 Å². The summed E-state index contributed by atoms with van der Waals surface area (Å²) in [5.41, 5.74) is 0. The van der Waals surface area contributed by atoms with Gasteiger partial charge in [0.05, 0.1) is 6.61 Å². The summed E-state index contributed by atoms with van der Waals surface area (Å²) in [4.78, 5) is 21.4. The summed E-state index contributed by atoms with van der Waals surface area (Å²) >= 11 is 0. The second-order valence-electron chi connectivity index (χ2n) is 5.67. The summed E-state index contributed by atoms with van der Waals surface area (Å²) in [5, 5.41) is 1.71. The lowest BCUT2D eigenvalue weighted by molar-refractivity contribution is -0.146. The Bertz CT molecular complexity index is 715. The maximum absolute atomic E-state index is 13.5. The lowest BCUT2D eigenvalue weighted by atomic mass is 10.1. The molecule has 0 saturated carbocycles. The fourth-order valence-electron chi connectivity index (χ4n) is 1.96. The Labute approximate surface area is 152 Å². The van der Waals surface area contributed by atoms with Gasteiger partial charge in [-0.2, -0.15) is 13.9 Å². The zero-order chi connectivity index (χ0) is 20.9. The lowest BCUT2D eigenvalue weighted by Crippen LogP contribution is -2.35. The standard InChI is InChI=1S/C15H19F5NO5P/c1-4-8(5-2)6-25-15(22)7(3)21-27(23,24)26-14-12(19)10(17)9(16)11(18)13(14)20/h7-8H,4-6H2,1-3H3,(H2,21,23,24)/t7-/m0/s1. The van der Waals surface area contributed by atoms with E-state index in [0.717, 1.165) is 19.8 Å². The largest absolute Gasteiger partial charge is 0.464 e. The second kappa shape index (κ2) is 9.48. The zero-order valence-electron chi connectivity index (χ0n) is 14.7. The van der Waals surface area contributed by atoms with Gasteiger partial charge in [0.25, 0.3) is 0 Å². The number of carbonyl (C=O) groups is 1. The molecule has 6 nitrogen and oxygen atoms in total. The van der Waals surface area contributed by atoms with Gasteiger partial charge in [-0.25, -0.2) is 17.7 Å². The van der Waals surface area contributed by atoms with Crippen LogP contribution in [0.4, 0.5) is 22.0 Å². The topological polar surface area (TPSA) is 84.9 Å². The quantitative estimate of drug-likeness (QED) is 0.208. The third-order valence-electron chi connectivity index (χ3n) is 3.71. The van der Waals surface area contributed by atoms with Crippen molar-refractivity contribution in [3.05, 3.63) is 29.1 Å². The summed E-state index contributed by atoms with van der Waals surface area (Å²) in [6.45, 7) is 4.90. The summed E-state index contributed by atoms with van der Waals surface area (Å²) in [7, 11) is -5.18. The number of hydrogen-bond acceptors (Lipinski definition) is 4. The maximum Gasteiger partial charge on any atom is 0.457 e. The Kier molecular flexibility index (Phi) is 8.19. The van der Waals surface area contributed by atoms with Gasteiger partial charge in [0.1, 0.15) is 6.04 Å². The number of nitrogens with one attached hydrogen (secondary N) is 1. The van der Waals surface area contributed by atoms with Crippen LogP contribution in [0.1, 0.15) is 33.6 Å². The van der Waals surface area contributed by atoms with E-state index in [1.54, 1.807) is 5.09 Å². The highest BCUT2D eigenvalue weighted by atomic mass is 31.2. The van der Waals surface area contributed by atoms with Crippen LogP contribution in [-0.4, -0.2) is 23.5 Å². The number of esters is 1. The minimum atomic E-state index is -5.18. The number of halogens is 5. The molecule has 0 saturated heterocycles. The third kappa shape index (κ3) is 5.88. The van der Waals surface area contributed by atoms with Crippen LogP contribution in [-0.2, 0) is 14.1 Å². The Morgan fingerprint density at radius 2 is 1.48 bits per heavy atom. The van der Waals surface area contributed by atoms with Gasteiger partial charge in [0, 0.05) is 0 Å². The lowest BCUT2D eigenvalue weighted by Gasteiger charge is -2.20. The third-order valence-corrected chi connectivity index (χ3v) is 4.85. The molecule has 0 amide bonds. The first-order chi connectivity index (χ1) is 12.4. The molecular weight excluding hydrogens is 400 g/mol. The fraction of sp³-hybridized carbons (Fsp3) is 0.533. The number of rotatable bonds is 9. The van der Waals surface area contributed by atoms with Crippen molar-refractivity contribution >= 4 is 13.7 Å². The number of hydrogen-bond donors (Lipinski definition) is 2. The summed E-state index contributed by atoms with van der Waals surface area (Å²) in [6.07, 6.45) is 1.46. The van der Waals surface area contributed by atoms with Crippen LogP contribution in [0.2, 0.25) is 0 Å². The molecule has 0 aliphatic heterocycles. The Morgan fingerprint density at radius 3 is 1.93 bits per heavy atom. The molecule has 0 heterocycles. The number of carbonyl (C=O) groups excluding carboxylic acids is 1. The molecule has 27 heavy (non-hydrogen) atoms. The van der Waals surface area contributed by atoms with Crippen molar-refractivity contribution in [2.45, 2.75) is 39.7 Å². The smallest absolute Gasteiger partial charge is 0.457 e. The molecule has 1 unspecified atom stereocenters. The van der Waals surface area contributed by atoms with Gasteiger partial charge in [-0.05, 0) is 12.8 Å². The van der Waals surface area contributed by atoms with Crippen LogP contribution in [0, 0.1) is 35.0 Å². The van der Waals surface area contributed by atoms with E-state index < -0.39 is 54.6 Å². The van der Waals surface area contributed by atoms with E-state index >= 15 is 0 Å². The summed E-state index contributed by atoms with van der Waals surface area (Å²) in [6, 6.07) is -1.46. The minimum absolute atomic E-state index is 0.0477. The van der Waals surface area contributed by atoms with E-state index in [1.807, 2.05) is 13.8 Å². The molecule has 1 aromatic carbocycles. The highest BCUT2D eigenvalue weighted by Gasteiger charge is 2.34.